The lowest BCUT2D eigenvalue weighted by atomic mass is 9.98. The van der Waals surface area contributed by atoms with Crippen molar-refractivity contribution in [1.82, 2.24) is 19.1 Å². The fraction of sp³-hybridized carbons (Fsp3) is 0.333. The van der Waals surface area contributed by atoms with Crippen LogP contribution in [0.15, 0.2) is 55.0 Å². The summed E-state index contributed by atoms with van der Waals surface area (Å²) in [7, 11) is -3.13. The van der Waals surface area contributed by atoms with E-state index < -0.39 is 10.0 Å². The van der Waals surface area contributed by atoms with Crippen molar-refractivity contribution in [2.45, 2.75) is 32.4 Å². The van der Waals surface area contributed by atoms with Crippen molar-refractivity contribution in [3.05, 3.63) is 55.0 Å². The maximum atomic E-state index is 11.8. The Kier molecular flexibility index (Phi) is 5.35. The molecule has 2 aromatic carbocycles. The minimum absolute atomic E-state index is 0.219. The largest absolute Gasteiger partial charge is 0.382 e. The summed E-state index contributed by atoms with van der Waals surface area (Å²) in [5.41, 5.74) is 4.44. The summed E-state index contributed by atoms with van der Waals surface area (Å²) in [5.74, 6) is 0. The van der Waals surface area contributed by atoms with Gasteiger partial charge in [0, 0.05) is 54.5 Å². The van der Waals surface area contributed by atoms with Crippen LogP contribution in [0.4, 0.5) is 5.69 Å². The minimum Gasteiger partial charge on any atom is -0.382 e. The van der Waals surface area contributed by atoms with Gasteiger partial charge in [0.15, 0.2) is 0 Å². The molecule has 0 atom stereocenters. The molecule has 1 aliphatic heterocycles. The number of anilines is 1. The zero-order valence-corrected chi connectivity index (χ0v) is 19.1. The second-order valence-corrected chi connectivity index (χ2v) is 10.4. The number of nitrogens with one attached hydrogen (secondary N) is 1. The molecule has 1 saturated heterocycles. The summed E-state index contributed by atoms with van der Waals surface area (Å²) in [6.45, 7) is 4.03. The maximum absolute atomic E-state index is 11.8. The first-order valence-corrected chi connectivity index (χ1v) is 12.8. The SMILES string of the molecule is CCn1ncc2cc(-c3cc(NC4CCN(S(C)(=O)=O)CC4)c4cnccc4c3)ccc21. The Hall–Kier alpha value is -2.97. The van der Waals surface area contributed by atoms with E-state index in [4.69, 9.17) is 0 Å². The summed E-state index contributed by atoms with van der Waals surface area (Å²) in [5, 5.41) is 11.5. The van der Waals surface area contributed by atoms with Gasteiger partial charge in [-0.1, -0.05) is 6.07 Å². The van der Waals surface area contributed by atoms with Crippen molar-refractivity contribution >= 4 is 37.4 Å². The molecule has 7 nitrogen and oxygen atoms in total. The Morgan fingerprint density at radius 3 is 2.56 bits per heavy atom. The molecule has 3 heterocycles. The number of aryl methyl sites for hydroxylation is 1. The molecule has 1 N–H and O–H groups in total. The molecular formula is C24H27N5O2S. The lowest BCUT2D eigenvalue weighted by molar-refractivity contribution is 0.332. The van der Waals surface area contributed by atoms with E-state index in [1.807, 2.05) is 29.3 Å². The zero-order chi connectivity index (χ0) is 22.3. The zero-order valence-electron chi connectivity index (χ0n) is 18.3. The summed E-state index contributed by atoms with van der Waals surface area (Å²) < 4.78 is 27.2. The van der Waals surface area contributed by atoms with Crippen molar-refractivity contribution < 1.29 is 8.42 Å². The molecule has 5 rings (SSSR count). The normalized spacial score (nSPS) is 16.1. The molecule has 166 valence electrons. The van der Waals surface area contributed by atoms with E-state index in [2.05, 4.69) is 52.7 Å². The van der Waals surface area contributed by atoms with Crippen molar-refractivity contribution in [2.24, 2.45) is 0 Å². The number of hydrogen-bond donors (Lipinski definition) is 1. The van der Waals surface area contributed by atoms with Gasteiger partial charge >= 0.3 is 0 Å². The lowest BCUT2D eigenvalue weighted by Crippen LogP contribution is -2.41. The third kappa shape index (κ3) is 3.96. The predicted octanol–water partition coefficient (Wildman–Crippen LogP) is 4.11. The number of benzene rings is 2. The van der Waals surface area contributed by atoms with Crippen LogP contribution in [0.2, 0.25) is 0 Å². The van der Waals surface area contributed by atoms with Gasteiger partial charge in [0.2, 0.25) is 10.0 Å². The molecule has 8 heteroatoms. The van der Waals surface area contributed by atoms with E-state index >= 15 is 0 Å². The summed E-state index contributed by atoms with van der Waals surface area (Å²) in [6.07, 6.45) is 8.46. The summed E-state index contributed by atoms with van der Waals surface area (Å²) in [4.78, 5) is 4.33. The molecular weight excluding hydrogens is 422 g/mol. The molecule has 1 aliphatic rings. The highest BCUT2D eigenvalue weighted by atomic mass is 32.2. The van der Waals surface area contributed by atoms with Gasteiger partial charge in [-0.15, -0.1) is 0 Å². The third-order valence-corrected chi connectivity index (χ3v) is 7.62. The van der Waals surface area contributed by atoms with E-state index in [-0.39, 0.29) is 6.04 Å². The second kappa shape index (κ2) is 8.18. The van der Waals surface area contributed by atoms with Gasteiger partial charge in [0.1, 0.15) is 0 Å². The van der Waals surface area contributed by atoms with Crippen molar-refractivity contribution in [3.8, 4) is 11.1 Å². The van der Waals surface area contributed by atoms with Gasteiger partial charge in [-0.05, 0) is 66.6 Å². The molecule has 1 fully saturated rings. The highest BCUT2D eigenvalue weighted by Crippen LogP contribution is 2.33. The molecule has 0 amide bonds. The Balaban J connectivity index is 1.48. The molecule has 0 bridgehead atoms. The number of pyridine rings is 1. The van der Waals surface area contributed by atoms with Crippen LogP contribution in [0.5, 0.6) is 0 Å². The van der Waals surface area contributed by atoms with Crippen LogP contribution in [-0.2, 0) is 16.6 Å². The van der Waals surface area contributed by atoms with Gasteiger partial charge in [0.25, 0.3) is 0 Å². The minimum atomic E-state index is -3.13. The molecule has 2 aromatic heterocycles. The van der Waals surface area contributed by atoms with Crippen LogP contribution in [0.3, 0.4) is 0 Å². The van der Waals surface area contributed by atoms with Gasteiger partial charge in [-0.3, -0.25) is 9.67 Å². The molecule has 0 radical (unpaired) electrons. The van der Waals surface area contributed by atoms with Crippen molar-refractivity contribution in [2.75, 3.05) is 24.7 Å². The molecule has 4 aromatic rings. The van der Waals surface area contributed by atoms with Crippen molar-refractivity contribution in [3.63, 3.8) is 0 Å². The predicted molar refractivity (Wildman–Crippen MR) is 129 cm³/mol. The number of rotatable bonds is 5. The van der Waals surface area contributed by atoms with Crippen LogP contribution >= 0.6 is 0 Å². The molecule has 0 spiro atoms. The monoisotopic (exact) mass is 449 g/mol. The van der Waals surface area contributed by atoms with Gasteiger partial charge < -0.3 is 5.32 Å². The van der Waals surface area contributed by atoms with Crippen LogP contribution < -0.4 is 5.32 Å². The van der Waals surface area contributed by atoms with Gasteiger partial charge in [-0.25, -0.2) is 12.7 Å². The molecule has 0 saturated carbocycles. The second-order valence-electron chi connectivity index (χ2n) is 8.44. The fourth-order valence-electron chi connectivity index (χ4n) is 4.55. The Bertz CT molecular complexity index is 1390. The standard InChI is InChI=1S/C24H27N5O2S/c1-3-29-24-5-4-17(12-20(24)15-26-29)19-13-18-6-9-25-16-22(18)23(14-19)27-21-7-10-28(11-8-21)32(2,30)31/h4-6,9,12-16,21,27H,3,7-8,10-11H2,1-2H3. The van der Waals surface area contributed by atoms with Crippen LogP contribution in [-0.4, -0.2) is 52.9 Å². The number of nitrogens with zero attached hydrogens (tertiary/aromatic N) is 4. The first-order chi connectivity index (χ1) is 15.4. The number of aromatic nitrogens is 3. The first kappa shape index (κ1) is 20.9. The highest BCUT2D eigenvalue weighted by Gasteiger charge is 2.25. The Morgan fingerprint density at radius 2 is 1.81 bits per heavy atom. The molecule has 0 unspecified atom stereocenters. The summed E-state index contributed by atoms with van der Waals surface area (Å²) in [6, 6.07) is 13.1. The third-order valence-electron chi connectivity index (χ3n) is 6.31. The average molecular weight is 450 g/mol. The topological polar surface area (TPSA) is 80.1 Å². The Labute approximate surface area is 188 Å². The first-order valence-electron chi connectivity index (χ1n) is 11.0. The smallest absolute Gasteiger partial charge is 0.211 e. The fourth-order valence-corrected chi connectivity index (χ4v) is 5.43. The average Bonchev–Trinajstić information content (AvgIpc) is 3.21. The van der Waals surface area contributed by atoms with E-state index in [1.165, 1.54) is 6.26 Å². The molecule has 32 heavy (non-hydrogen) atoms. The van der Waals surface area contributed by atoms with E-state index in [1.54, 1.807) is 4.31 Å². The highest BCUT2D eigenvalue weighted by molar-refractivity contribution is 7.88. The lowest BCUT2D eigenvalue weighted by Gasteiger charge is -2.31. The molecule has 0 aliphatic carbocycles. The quantitative estimate of drug-likeness (QED) is 0.496. The number of sulfonamides is 1. The van der Waals surface area contributed by atoms with E-state index in [9.17, 15) is 8.42 Å². The van der Waals surface area contributed by atoms with Gasteiger partial charge in [-0.2, -0.15) is 5.10 Å². The summed E-state index contributed by atoms with van der Waals surface area (Å²) >= 11 is 0. The van der Waals surface area contributed by atoms with E-state index in [0.717, 1.165) is 57.9 Å². The van der Waals surface area contributed by atoms with E-state index in [0.29, 0.717) is 13.1 Å². The maximum Gasteiger partial charge on any atom is 0.211 e. The van der Waals surface area contributed by atoms with Crippen molar-refractivity contribution in [1.29, 1.82) is 0 Å². The number of hydrogen-bond acceptors (Lipinski definition) is 5. The Morgan fingerprint density at radius 1 is 1.03 bits per heavy atom. The van der Waals surface area contributed by atoms with Crippen LogP contribution in [0.25, 0.3) is 32.8 Å². The van der Waals surface area contributed by atoms with Gasteiger partial charge in [0.05, 0.1) is 18.0 Å². The van der Waals surface area contributed by atoms with Crippen LogP contribution in [0.1, 0.15) is 19.8 Å². The van der Waals surface area contributed by atoms with Crippen LogP contribution in [0, 0.1) is 0 Å². The number of fused-ring (bicyclic) bond motifs is 2. The number of piperidine rings is 1.